The first-order valence-electron chi connectivity index (χ1n) is 7.13. The molecule has 24 heavy (non-hydrogen) atoms. The lowest BCUT2D eigenvalue weighted by molar-refractivity contribution is 0.415. The SMILES string of the molecule is Brc1ccccc1Cc1nnn(Cc2noc(-c3ccsc3)n2)n1. The molecule has 3 heterocycles. The van der Waals surface area contributed by atoms with Gasteiger partial charge in [-0.1, -0.05) is 39.3 Å². The van der Waals surface area contributed by atoms with E-state index in [0.717, 1.165) is 15.6 Å². The third kappa shape index (κ3) is 3.26. The maximum absolute atomic E-state index is 5.25. The van der Waals surface area contributed by atoms with Crippen LogP contribution < -0.4 is 0 Å². The molecule has 0 radical (unpaired) electrons. The number of aromatic nitrogens is 6. The number of benzene rings is 1. The van der Waals surface area contributed by atoms with Crippen LogP contribution >= 0.6 is 27.3 Å². The van der Waals surface area contributed by atoms with Gasteiger partial charge < -0.3 is 4.52 Å². The zero-order valence-corrected chi connectivity index (χ0v) is 14.7. The Kier molecular flexibility index (Phi) is 4.18. The number of tetrazole rings is 1. The first-order valence-corrected chi connectivity index (χ1v) is 8.87. The van der Waals surface area contributed by atoms with E-state index in [-0.39, 0.29) is 0 Å². The van der Waals surface area contributed by atoms with Gasteiger partial charge in [0.2, 0.25) is 0 Å². The van der Waals surface area contributed by atoms with Crippen LogP contribution in [0.4, 0.5) is 0 Å². The fraction of sp³-hybridized carbons (Fsp3) is 0.133. The molecule has 4 aromatic rings. The normalized spacial score (nSPS) is 11.0. The van der Waals surface area contributed by atoms with Gasteiger partial charge in [-0.25, -0.2) is 0 Å². The van der Waals surface area contributed by atoms with Crippen LogP contribution in [0.2, 0.25) is 0 Å². The number of hydrogen-bond acceptors (Lipinski definition) is 7. The van der Waals surface area contributed by atoms with E-state index < -0.39 is 0 Å². The van der Waals surface area contributed by atoms with Crippen molar-refractivity contribution in [1.29, 1.82) is 0 Å². The van der Waals surface area contributed by atoms with Gasteiger partial charge in [0.1, 0.15) is 6.54 Å². The molecule has 0 aliphatic rings. The molecule has 3 aromatic heterocycles. The third-order valence-electron chi connectivity index (χ3n) is 3.32. The zero-order valence-electron chi connectivity index (χ0n) is 12.3. The second-order valence-corrected chi connectivity index (χ2v) is 6.67. The fourth-order valence-corrected chi connectivity index (χ4v) is 3.23. The van der Waals surface area contributed by atoms with Crippen LogP contribution in [0, 0.1) is 0 Å². The number of hydrogen-bond donors (Lipinski definition) is 0. The highest BCUT2D eigenvalue weighted by Crippen LogP contribution is 2.20. The molecule has 9 heteroatoms. The molecule has 7 nitrogen and oxygen atoms in total. The summed E-state index contributed by atoms with van der Waals surface area (Å²) in [6.45, 7) is 0.316. The van der Waals surface area contributed by atoms with E-state index in [1.54, 1.807) is 11.3 Å². The molecule has 1 aromatic carbocycles. The average Bonchev–Trinajstić information content (AvgIpc) is 3.32. The lowest BCUT2D eigenvalue weighted by atomic mass is 10.1. The fourth-order valence-electron chi connectivity index (χ4n) is 2.17. The molecule has 0 N–H and O–H groups in total. The van der Waals surface area contributed by atoms with Crippen molar-refractivity contribution in [3.05, 3.63) is 62.8 Å². The van der Waals surface area contributed by atoms with E-state index in [2.05, 4.69) is 41.5 Å². The summed E-state index contributed by atoms with van der Waals surface area (Å²) in [4.78, 5) is 5.81. The molecule has 0 saturated heterocycles. The molecule has 0 atom stereocenters. The van der Waals surface area contributed by atoms with E-state index >= 15 is 0 Å². The number of rotatable bonds is 5. The van der Waals surface area contributed by atoms with Crippen molar-refractivity contribution in [3.8, 4) is 11.5 Å². The molecule has 0 spiro atoms. The lowest BCUT2D eigenvalue weighted by Crippen LogP contribution is -2.06. The van der Waals surface area contributed by atoms with E-state index in [9.17, 15) is 0 Å². The molecule has 0 aliphatic carbocycles. The average molecular weight is 403 g/mol. The van der Waals surface area contributed by atoms with Crippen LogP contribution in [0.25, 0.3) is 11.5 Å². The number of halogens is 1. The maximum atomic E-state index is 5.25. The molecule has 0 saturated carbocycles. The summed E-state index contributed by atoms with van der Waals surface area (Å²) in [5.41, 5.74) is 2.02. The molecule has 4 rings (SSSR count). The first kappa shape index (κ1) is 15.2. The van der Waals surface area contributed by atoms with Gasteiger partial charge in [-0.05, 0) is 28.3 Å². The van der Waals surface area contributed by atoms with Crippen LogP contribution in [-0.4, -0.2) is 30.3 Å². The van der Waals surface area contributed by atoms with Crippen molar-refractivity contribution < 1.29 is 4.52 Å². The quantitative estimate of drug-likeness (QED) is 0.509. The standard InChI is InChI=1S/C15H11BrN6OS/c16-12-4-2-1-3-10(12)7-13-18-21-22(19-13)8-14-17-15(23-20-14)11-5-6-24-9-11/h1-6,9H,7-8H2. The van der Waals surface area contributed by atoms with Crippen molar-refractivity contribution in [3.63, 3.8) is 0 Å². The van der Waals surface area contributed by atoms with Crippen molar-refractivity contribution in [1.82, 2.24) is 30.3 Å². The minimum Gasteiger partial charge on any atom is -0.334 e. The first-order chi connectivity index (χ1) is 11.8. The zero-order chi connectivity index (χ0) is 16.4. The van der Waals surface area contributed by atoms with Gasteiger partial charge in [-0.2, -0.15) is 21.1 Å². The molecular weight excluding hydrogens is 392 g/mol. The highest BCUT2D eigenvalue weighted by Gasteiger charge is 2.12. The molecular formula is C15H11BrN6OS. The van der Waals surface area contributed by atoms with Gasteiger partial charge in [0, 0.05) is 16.3 Å². The molecule has 0 amide bonds. The number of thiophene rings is 1. The van der Waals surface area contributed by atoms with E-state index in [4.69, 9.17) is 4.52 Å². The van der Waals surface area contributed by atoms with Crippen LogP contribution in [0.3, 0.4) is 0 Å². The maximum Gasteiger partial charge on any atom is 0.258 e. The minimum atomic E-state index is 0.316. The Hall–Kier alpha value is -2.39. The molecule has 0 unspecified atom stereocenters. The van der Waals surface area contributed by atoms with Crippen LogP contribution in [0.15, 0.2) is 50.1 Å². The topological polar surface area (TPSA) is 82.5 Å². The number of nitrogens with zero attached hydrogens (tertiary/aromatic N) is 6. The van der Waals surface area contributed by atoms with Crippen molar-refractivity contribution in [2.45, 2.75) is 13.0 Å². The summed E-state index contributed by atoms with van der Waals surface area (Å²) in [6, 6.07) is 9.91. The van der Waals surface area contributed by atoms with E-state index in [1.165, 1.54) is 4.80 Å². The monoisotopic (exact) mass is 402 g/mol. The van der Waals surface area contributed by atoms with E-state index in [0.29, 0.717) is 30.5 Å². The molecule has 0 aliphatic heterocycles. The second kappa shape index (κ2) is 6.62. The molecule has 0 fully saturated rings. The largest absolute Gasteiger partial charge is 0.334 e. The lowest BCUT2D eigenvalue weighted by Gasteiger charge is -1.99. The Labute approximate surface area is 149 Å². The van der Waals surface area contributed by atoms with Gasteiger partial charge in [0.15, 0.2) is 11.6 Å². The predicted octanol–water partition coefficient (Wildman–Crippen LogP) is 3.19. The summed E-state index contributed by atoms with van der Waals surface area (Å²) in [6.07, 6.45) is 0.605. The van der Waals surface area contributed by atoms with Crippen LogP contribution in [0.1, 0.15) is 17.2 Å². The summed E-state index contributed by atoms with van der Waals surface area (Å²) in [5.74, 6) is 1.66. The second-order valence-electron chi connectivity index (χ2n) is 5.03. The Morgan fingerprint density at radius 1 is 1.17 bits per heavy atom. The third-order valence-corrected chi connectivity index (χ3v) is 4.78. The van der Waals surface area contributed by atoms with E-state index in [1.807, 2.05) is 41.1 Å². The summed E-state index contributed by atoms with van der Waals surface area (Å²) < 4.78 is 6.28. The highest BCUT2D eigenvalue weighted by atomic mass is 79.9. The van der Waals surface area contributed by atoms with Crippen molar-refractivity contribution >= 4 is 27.3 Å². The van der Waals surface area contributed by atoms with Crippen molar-refractivity contribution in [2.24, 2.45) is 0 Å². The minimum absolute atomic E-state index is 0.316. The van der Waals surface area contributed by atoms with Gasteiger partial charge in [0.05, 0.1) is 5.56 Å². The molecule has 120 valence electrons. The summed E-state index contributed by atoms with van der Waals surface area (Å²) in [7, 11) is 0. The van der Waals surface area contributed by atoms with Gasteiger partial charge >= 0.3 is 0 Å². The Bertz CT molecular complexity index is 948. The smallest absolute Gasteiger partial charge is 0.258 e. The van der Waals surface area contributed by atoms with Gasteiger partial charge in [0.25, 0.3) is 5.89 Å². The predicted molar refractivity (Wildman–Crippen MR) is 91.5 cm³/mol. The summed E-state index contributed by atoms with van der Waals surface area (Å²) in [5, 5.41) is 20.4. The molecule has 0 bridgehead atoms. The Morgan fingerprint density at radius 2 is 2.08 bits per heavy atom. The van der Waals surface area contributed by atoms with Crippen molar-refractivity contribution in [2.75, 3.05) is 0 Å². The van der Waals surface area contributed by atoms with Crippen LogP contribution in [-0.2, 0) is 13.0 Å². The highest BCUT2D eigenvalue weighted by molar-refractivity contribution is 9.10. The Morgan fingerprint density at radius 3 is 2.92 bits per heavy atom. The Balaban J connectivity index is 1.47. The van der Waals surface area contributed by atoms with Crippen LogP contribution in [0.5, 0.6) is 0 Å². The van der Waals surface area contributed by atoms with Gasteiger partial charge in [-0.3, -0.25) is 0 Å². The van der Waals surface area contributed by atoms with Gasteiger partial charge in [-0.15, -0.1) is 10.2 Å². The summed E-state index contributed by atoms with van der Waals surface area (Å²) >= 11 is 5.10.